The molecule has 1 N–H and O–H groups in total. The van der Waals surface area contributed by atoms with Crippen molar-refractivity contribution in [2.24, 2.45) is 5.92 Å². The third kappa shape index (κ3) is 4.21. The Morgan fingerprint density at radius 3 is 2.80 bits per heavy atom. The normalized spacial score (nSPS) is 22.1. The first-order valence-corrected chi connectivity index (χ1v) is 6.79. The zero-order chi connectivity index (χ0) is 14.4. The Morgan fingerprint density at radius 2 is 2.10 bits per heavy atom. The summed E-state index contributed by atoms with van der Waals surface area (Å²) < 4.78 is 10.3. The molecule has 5 nitrogen and oxygen atoms in total. The number of hydrogen-bond acceptors (Lipinski definition) is 4. The van der Waals surface area contributed by atoms with Gasteiger partial charge in [-0.2, -0.15) is 0 Å². The van der Waals surface area contributed by atoms with E-state index in [1.807, 2.05) is 30.3 Å². The highest BCUT2D eigenvalue weighted by Crippen LogP contribution is 2.17. The van der Waals surface area contributed by atoms with Gasteiger partial charge in [0.2, 0.25) is 5.24 Å². The van der Waals surface area contributed by atoms with Gasteiger partial charge in [-0.05, 0) is 23.6 Å². The van der Waals surface area contributed by atoms with E-state index >= 15 is 0 Å². The number of nitrogens with one attached hydrogen (secondary N) is 1. The lowest BCUT2D eigenvalue weighted by Gasteiger charge is -2.29. The van der Waals surface area contributed by atoms with Crippen molar-refractivity contribution in [3.8, 4) is 0 Å². The lowest BCUT2D eigenvalue weighted by Crippen LogP contribution is -2.47. The zero-order valence-corrected chi connectivity index (χ0v) is 11.6. The second kappa shape index (κ2) is 7.26. The van der Waals surface area contributed by atoms with Crippen molar-refractivity contribution in [3.63, 3.8) is 0 Å². The Morgan fingerprint density at radius 1 is 1.35 bits per heavy atom. The summed E-state index contributed by atoms with van der Waals surface area (Å²) in [7, 11) is 0. The summed E-state index contributed by atoms with van der Waals surface area (Å²) in [4.78, 5) is 23.0. The van der Waals surface area contributed by atoms with Gasteiger partial charge in [-0.15, -0.1) is 0 Å². The molecule has 1 saturated heterocycles. The number of ether oxygens (including phenoxy) is 2. The smallest absolute Gasteiger partial charge is 0.407 e. The molecule has 0 spiro atoms. The van der Waals surface area contributed by atoms with Gasteiger partial charge >= 0.3 is 6.09 Å². The van der Waals surface area contributed by atoms with Crippen LogP contribution in [0, 0.1) is 5.92 Å². The van der Waals surface area contributed by atoms with Crippen LogP contribution in [0.15, 0.2) is 30.3 Å². The van der Waals surface area contributed by atoms with E-state index < -0.39 is 17.3 Å². The molecule has 2 unspecified atom stereocenters. The van der Waals surface area contributed by atoms with Crippen LogP contribution in [0.2, 0.25) is 0 Å². The SMILES string of the molecule is O=C(NC1CCOCC1C(=O)Cl)OCc1ccccc1. The minimum absolute atomic E-state index is 0.190. The number of carbonyl (C=O) groups excluding carboxylic acids is 2. The van der Waals surface area contributed by atoms with Crippen LogP contribution in [0.25, 0.3) is 0 Å². The van der Waals surface area contributed by atoms with Crippen molar-refractivity contribution in [3.05, 3.63) is 35.9 Å². The maximum absolute atomic E-state index is 11.7. The van der Waals surface area contributed by atoms with Gasteiger partial charge in [-0.3, -0.25) is 4.79 Å². The molecular weight excluding hydrogens is 282 g/mol. The van der Waals surface area contributed by atoms with E-state index in [-0.39, 0.29) is 19.3 Å². The molecule has 2 rings (SSSR count). The number of carbonyl (C=O) groups is 2. The summed E-state index contributed by atoms with van der Waals surface area (Å²) in [6, 6.07) is 9.04. The molecule has 0 aliphatic carbocycles. The third-order valence-electron chi connectivity index (χ3n) is 3.16. The van der Waals surface area contributed by atoms with Gasteiger partial charge in [0.1, 0.15) is 6.61 Å². The van der Waals surface area contributed by atoms with Crippen LogP contribution in [-0.2, 0) is 20.9 Å². The van der Waals surface area contributed by atoms with Crippen LogP contribution in [0.4, 0.5) is 4.79 Å². The van der Waals surface area contributed by atoms with Crippen LogP contribution in [0.1, 0.15) is 12.0 Å². The molecule has 1 aliphatic rings. The van der Waals surface area contributed by atoms with Gasteiger partial charge in [0.25, 0.3) is 0 Å². The summed E-state index contributed by atoms with van der Waals surface area (Å²) >= 11 is 5.50. The molecule has 0 radical (unpaired) electrons. The van der Waals surface area contributed by atoms with Crippen molar-refractivity contribution >= 4 is 22.9 Å². The Bertz CT molecular complexity index is 466. The minimum atomic E-state index is -0.552. The number of halogens is 1. The third-order valence-corrected chi connectivity index (χ3v) is 3.44. The molecule has 0 saturated carbocycles. The quantitative estimate of drug-likeness (QED) is 0.864. The number of rotatable bonds is 4. The zero-order valence-electron chi connectivity index (χ0n) is 10.9. The van der Waals surface area contributed by atoms with Crippen LogP contribution < -0.4 is 5.32 Å². The summed E-state index contributed by atoms with van der Waals surface area (Å²) in [6.45, 7) is 0.908. The monoisotopic (exact) mass is 297 g/mol. The summed E-state index contributed by atoms with van der Waals surface area (Å²) in [5.41, 5.74) is 0.902. The molecule has 108 valence electrons. The molecule has 2 atom stereocenters. The lowest BCUT2D eigenvalue weighted by molar-refractivity contribution is -0.120. The maximum atomic E-state index is 11.7. The molecule has 1 fully saturated rings. The number of amides is 1. The van der Waals surface area contributed by atoms with E-state index in [0.717, 1.165) is 5.56 Å². The first-order chi connectivity index (χ1) is 9.66. The molecule has 1 aromatic carbocycles. The van der Waals surface area contributed by atoms with Crippen molar-refractivity contribution in [1.82, 2.24) is 5.32 Å². The Balaban J connectivity index is 1.82. The predicted octanol–water partition coefficient (Wildman–Crippen LogP) is 2.08. The van der Waals surface area contributed by atoms with Gasteiger partial charge in [-0.1, -0.05) is 30.3 Å². The number of alkyl carbamates (subject to hydrolysis) is 1. The molecule has 1 aromatic rings. The van der Waals surface area contributed by atoms with Gasteiger partial charge in [0.05, 0.1) is 12.5 Å². The lowest BCUT2D eigenvalue weighted by atomic mass is 9.97. The van der Waals surface area contributed by atoms with Crippen molar-refractivity contribution in [2.75, 3.05) is 13.2 Å². The second-order valence-corrected chi connectivity index (χ2v) is 4.96. The number of benzene rings is 1. The first kappa shape index (κ1) is 14.8. The van der Waals surface area contributed by atoms with Gasteiger partial charge in [0.15, 0.2) is 0 Å². The Labute approximate surface area is 122 Å². The summed E-state index contributed by atoms with van der Waals surface area (Å²) in [6.07, 6.45) is -0.00696. The maximum Gasteiger partial charge on any atom is 0.407 e. The minimum Gasteiger partial charge on any atom is -0.445 e. The summed E-state index contributed by atoms with van der Waals surface area (Å²) in [5, 5.41) is 2.17. The molecule has 1 amide bonds. The van der Waals surface area contributed by atoms with Gasteiger partial charge in [-0.25, -0.2) is 4.79 Å². The fourth-order valence-electron chi connectivity index (χ4n) is 2.05. The van der Waals surface area contributed by atoms with Crippen LogP contribution in [-0.4, -0.2) is 30.6 Å². The predicted molar refractivity (Wildman–Crippen MR) is 73.3 cm³/mol. The van der Waals surface area contributed by atoms with E-state index in [0.29, 0.717) is 13.0 Å². The van der Waals surface area contributed by atoms with Crippen LogP contribution in [0.5, 0.6) is 0 Å². The topological polar surface area (TPSA) is 64.6 Å². The Hall–Kier alpha value is -1.59. The van der Waals surface area contributed by atoms with Gasteiger partial charge < -0.3 is 14.8 Å². The first-order valence-electron chi connectivity index (χ1n) is 6.41. The fraction of sp³-hybridized carbons (Fsp3) is 0.429. The highest BCUT2D eigenvalue weighted by Gasteiger charge is 2.32. The van der Waals surface area contributed by atoms with Gasteiger partial charge in [0, 0.05) is 12.6 Å². The van der Waals surface area contributed by atoms with Crippen molar-refractivity contribution in [1.29, 1.82) is 0 Å². The molecule has 0 bridgehead atoms. The van der Waals surface area contributed by atoms with E-state index in [2.05, 4.69) is 5.32 Å². The molecule has 0 aromatic heterocycles. The average molecular weight is 298 g/mol. The molecular formula is C14H16ClNO4. The second-order valence-electron chi connectivity index (χ2n) is 4.59. The molecule has 1 aliphatic heterocycles. The number of hydrogen-bond donors (Lipinski definition) is 1. The molecule has 1 heterocycles. The van der Waals surface area contributed by atoms with Crippen molar-refractivity contribution < 1.29 is 19.1 Å². The average Bonchev–Trinajstić information content (AvgIpc) is 2.46. The summed E-state index contributed by atoms with van der Waals surface area (Å²) in [5.74, 6) is -0.519. The van der Waals surface area contributed by atoms with E-state index in [1.165, 1.54) is 0 Å². The highest BCUT2D eigenvalue weighted by molar-refractivity contribution is 6.64. The highest BCUT2D eigenvalue weighted by atomic mass is 35.5. The Kier molecular flexibility index (Phi) is 5.38. The van der Waals surface area contributed by atoms with Crippen molar-refractivity contribution in [2.45, 2.75) is 19.1 Å². The van der Waals surface area contributed by atoms with Crippen LogP contribution >= 0.6 is 11.6 Å². The standard InChI is InChI=1S/C14H16ClNO4/c15-13(17)11-9-19-7-6-12(11)16-14(18)20-8-10-4-2-1-3-5-10/h1-5,11-12H,6-9H2,(H,16,18). The molecule has 20 heavy (non-hydrogen) atoms. The van der Waals surface area contributed by atoms with E-state index in [1.54, 1.807) is 0 Å². The molecule has 6 heteroatoms. The van der Waals surface area contributed by atoms with E-state index in [4.69, 9.17) is 21.1 Å². The fourth-order valence-corrected chi connectivity index (χ4v) is 2.27. The van der Waals surface area contributed by atoms with E-state index in [9.17, 15) is 9.59 Å². The largest absolute Gasteiger partial charge is 0.445 e. The van der Waals surface area contributed by atoms with Crippen LogP contribution in [0.3, 0.4) is 0 Å².